The first-order valence-electron chi connectivity index (χ1n) is 9.83. The number of nitro benzene ring substituents is 1. The van der Waals surface area contributed by atoms with Crippen LogP contribution >= 0.6 is 11.3 Å². The molecule has 2 aromatic heterocycles. The lowest BCUT2D eigenvalue weighted by Gasteiger charge is -2.21. The molecule has 0 aliphatic heterocycles. The lowest BCUT2D eigenvalue weighted by atomic mass is 10.1. The maximum absolute atomic E-state index is 13.5. The van der Waals surface area contributed by atoms with Crippen LogP contribution < -0.4 is 4.90 Å². The third-order valence-corrected chi connectivity index (χ3v) is 6.22. The van der Waals surface area contributed by atoms with Gasteiger partial charge in [0.05, 0.1) is 21.5 Å². The highest BCUT2D eigenvalue weighted by Gasteiger charge is 2.25. The van der Waals surface area contributed by atoms with Crippen LogP contribution in [-0.2, 0) is 6.54 Å². The van der Waals surface area contributed by atoms with Crippen molar-refractivity contribution < 1.29 is 9.72 Å². The highest BCUT2D eigenvalue weighted by molar-refractivity contribution is 7.22. The molecule has 2 heterocycles. The van der Waals surface area contributed by atoms with Crippen LogP contribution in [0.2, 0.25) is 0 Å². The minimum absolute atomic E-state index is 0.0654. The zero-order valence-electron chi connectivity index (χ0n) is 17.2. The second-order valence-corrected chi connectivity index (χ2v) is 8.24. The van der Waals surface area contributed by atoms with Gasteiger partial charge in [-0.25, -0.2) is 9.97 Å². The predicted molar refractivity (Wildman–Crippen MR) is 121 cm³/mol. The van der Waals surface area contributed by atoms with E-state index in [0.29, 0.717) is 35.8 Å². The Morgan fingerprint density at radius 1 is 1.23 bits per heavy atom. The Morgan fingerprint density at radius 2 is 2.03 bits per heavy atom. The van der Waals surface area contributed by atoms with Crippen molar-refractivity contribution in [2.24, 2.45) is 0 Å². The van der Waals surface area contributed by atoms with Gasteiger partial charge in [-0.1, -0.05) is 29.5 Å². The summed E-state index contributed by atoms with van der Waals surface area (Å²) in [6.45, 7) is 4.72. The minimum atomic E-state index is -0.462. The summed E-state index contributed by atoms with van der Waals surface area (Å²) in [7, 11) is 0. The first kappa shape index (κ1) is 20.7. The third kappa shape index (κ3) is 4.17. The van der Waals surface area contributed by atoms with Crippen molar-refractivity contribution >= 4 is 38.3 Å². The number of carbonyl (C=O) groups excluding carboxylic acids is 1. The largest absolute Gasteiger partial charge is 0.337 e. The molecule has 0 unspecified atom stereocenters. The van der Waals surface area contributed by atoms with Gasteiger partial charge in [-0.3, -0.25) is 19.8 Å². The van der Waals surface area contributed by atoms with E-state index in [1.54, 1.807) is 36.5 Å². The predicted octanol–water partition coefficient (Wildman–Crippen LogP) is 4.75. The highest BCUT2D eigenvalue weighted by Crippen LogP contribution is 2.32. The zero-order valence-corrected chi connectivity index (χ0v) is 18.0. The molecule has 0 N–H and O–H groups in total. The van der Waals surface area contributed by atoms with Gasteiger partial charge in [-0.05, 0) is 38.0 Å². The van der Waals surface area contributed by atoms with Gasteiger partial charge in [0.1, 0.15) is 0 Å². The monoisotopic (exact) mass is 435 g/mol. The molecule has 0 saturated carbocycles. The molecule has 1 amide bonds. The third-order valence-electron chi connectivity index (χ3n) is 5.18. The van der Waals surface area contributed by atoms with E-state index in [0.717, 1.165) is 15.8 Å². The van der Waals surface area contributed by atoms with Crippen molar-refractivity contribution in [2.45, 2.75) is 26.8 Å². The van der Waals surface area contributed by atoms with Crippen molar-refractivity contribution in [3.8, 4) is 0 Å². The van der Waals surface area contributed by atoms with E-state index in [4.69, 9.17) is 4.98 Å². The van der Waals surface area contributed by atoms with Gasteiger partial charge in [0, 0.05) is 42.7 Å². The lowest BCUT2D eigenvalue weighted by Crippen LogP contribution is -2.33. The molecule has 0 spiro atoms. The normalized spacial score (nSPS) is 11.0. The summed E-state index contributed by atoms with van der Waals surface area (Å²) in [6, 6.07) is 10.5. The van der Waals surface area contributed by atoms with Gasteiger partial charge in [0.2, 0.25) is 0 Å². The molecule has 2 aromatic carbocycles. The number of thiazole rings is 1. The standard InChI is InChI=1S/C22H21N5O3S/c1-15-6-3-9-19-20(15)24-22(31-19)26(12-5-11-25-13-10-23-14-25)21(28)17-7-4-8-18(16(17)2)27(29)30/h3-4,6-10,13-14H,5,11-12H2,1-2H3. The number of aromatic nitrogens is 3. The molecule has 158 valence electrons. The van der Waals surface area contributed by atoms with Crippen LogP contribution in [0.4, 0.5) is 10.8 Å². The quantitative estimate of drug-likeness (QED) is 0.308. The smallest absolute Gasteiger partial charge is 0.273 e. The second-order valence-electron chi connectivity index (χ2n) is 7.24. The topological polar surface area (TPSA) is 94.2 Å². The number of amides is 1. The number of hydrogen-bond donors (Lipinski definition) is 0. The molecular formula is C22H21N5O3S. The van der Waals surface area contributed by atoms with E-state index < -0.39 is 4.92 Å². The Balaban J connectivity index is 1.70. The number of anilines is 1. The molecule has 31 heavy (non-hydrogen) atoms. The number of hydrogen-bond acceptors (Lipinski definition) is 6. The van der Waals surface area contributed by atoms with Crippen molar-refractivity contribution in [3.05, 3.63) is 81.9 Å². The fraction of sp³-hybridized carbons (Fsp3) is 0.227. The van der Waals surface area contributed by atoms with Gasteiger partial charge in [-0.15, -0.1) is 0 Å². The van der Waals surface area contributed by atoms with Crippen LogP contribution in [0.25, 0.3) is 10.2 Å². The summed E-state index contributed by atoms with van der Waals surface area (Å²) in [4.78, 5) is 34.9. The maximum atomic E-state index is 13.5. The van der Waals surface area contributed by atoms with Crippen LogP contribution in [0, 0.1) is 24.0 Å². The fourth-order valence-electron chi connectivity index (χ4n) is 3.50. The number of nitro groups is 1. The fourth-order valence-corrected chi connectivity index (χ4v) is 4.57. The first-order valence-corrected chi connectivity index (χ1v) is 10.6. The molecule has 9 heteroatoms. The first-order chi connectivity index (χ1) is 15.0. The number of aryl methyl sites for hydroxylation is 2. The van der Waals surface area contributed by atoms with E-state index in [1.807, 2.05) is 35.9 Å². The minimum Gasteiger partial charge on any atom is -0.337 e. The molecule has 0 aliphatic carbocycles. The number of benzene rings is 2. The van der Waals surface area contributed by atoms with Crippen molar-refractivity contribution in [1.29, 1.82) is 0 Å². The highest BCUT2D eigenvalue weighted by atomic mass is 32.1. The van der Waals surface area contributed by atoms with E-state index >= 15 is 0 Å². The molecular weight excluding hydrogens is 414 g/mol. The second kappa shape index (κ2) is 8.65. The average Bonchev–Trinajstić information content (AvgIpc) is 3.41. The molecule has 8 nitrogen and oxygen atoms in total. The summed E-state index contributed by atoms with van der Waals surface area (Å²) < 4.78 is 2.95. The van der Waals surface area contributed by atoms with E-state index in [9.17, 15) is 14.9 Å². The van der Waals surface area contributed by atoms with Crippen LogP contribution in [0.5, 0.6) is 0 Å². The summed E-state index contributed by atoms with van der Waals surface area (Å²) in [5.74, 6) is -0.288. The Bertz CT molecular complexity index is 1250. The summed E-state index contributed by atoms with van der Waals surface area (Å²) >= 11 is 1.45. The number of imidazole rings is 1. The number of fused-ring (bicyclic) bond motifs is 1. The molecule has 4 rings (SSSR count). The zero-order chi connectivity index (χ0) is 22.0. The number of carbonyl (C=O) groups is 1. The van der Waals surface area contributed by atoms with Gasteiger partial charge in [0.25, 0.3) is 11.6 Å². The number of para-hydroxylation sites is 1. The van der Waals surface area contributed by atoms with Crippen molar-refractivity contribution in [2.75, 3.05) is 11.4 Å². The van der Waals surface area contributed by atoms with Crippen molar-refractivity contribution in [3.63, 3.8) is 0 Å². The molecule has 0 aliphatic rings. The Morgan fingerprint density at radius 3 is 2.74 bits per heavy atom. The number of nitrogens with zero attached hydrogens (tertiary/aromatic N) is 5. The lowest BCUT2D eigenvalue weighted by molar-refractivity contribution is -0.385. The van der Waals surface area contributed by atoms with E-state index in [2.05, 4.69) is 4.98 Å². The van der Waals surface area contributed by atoms with Crippen LogP contribution in [-0.4, -0.2) is 31.9 Å². The Kier molecular flexibility index (Phi) is 5.77. The van der Waals surface area contributed by atoms with Gasteiger partial charge in [0.15, 0.2) is 5.13 Å². The van der Waals surface area contributed by atoms with Crippen LogP contribution in [0.3, 0.4) is 0 Å². The average molecular weight is 436 g/mol. The summed E-state index contributed by atoms with van der Waals surface area (Å²) in [5.41, 5.74) is 2.51. The molecule has 4 aromatic rings. The Hall–Kier alpha value is -3.59. The SMILES string of the molecule is Cc1c(C(=O)N(CCCn2ccnc2)c2nc3c(C)cccc3s2)cccc1[N+](=O)[O-]. The summed E-state index contributed by atoms with van der Waals surface area (Å²) in [6.07, 6.45) is 6.01. The van der Waals surface area contributed by atoms with Gasteiger partial charge in [-0.2, -0.15) is 0 Å². The molecule has 0 bridgehead atoms. The number of rotatable bonds is 7. The molecule has 0 fully saturated rings. The van der Waals surface area contributed by atoms with E-state index in [-0.39, 0.29) is 11.6 Å². The van der Waals surface area contributed by atoms with E-state index in [1.165, 1.54) is 17.4 Å². The Labute approximate surface area is 182 Å². The molecule has 0 radical (unpaired) electrons. The van der Waals surface area contributed by atoms with Crippen LogP contribution in [0.1, 0.15) is 27.9 Å². The van der Waals surface area contributed by atoms with Gasteiger partial charge >= 0.3 is 0 Å². The maximum Gasteiger partial charge on any atom is 0.273 e. The van der Waals surface area contributed by atoms with Crippen LogP contribution in [0.15, 0.2) is 55.1 Å². The summed E-state index contributed by atoms with van der Waals surface area (Å²) in [5, 5.41) is 11.9. The molecule has 0 atom stereocenters. The molecule has 0 saturated heterocycles. The van der Waals surface area contributed by atoms with Gasteiger partial charge < -0.3 is 4.57 Å². The van der Waals surface area contributed by atoms with Crippen molar-refractivity contribution in [1.82, 2.24) is 14.5 Å².